The Morgan fingerprint density at radius 3 is 2.63 bits per heavy atom. The third-order valence-electron chi connectivity index (χ3n) is 3.52. The Morgan fingerprint density at radius 1 is 1.42 bits per heavy atom. The van der Waals surface area contributed by atoms with E-state index in [1.807, 2.05) is 13.8 Å². The zero-order valence-corrected chi connectivity index (χ0v) is 11.7. The maximum atomic E-state index is 8.99. The van der Waals surface area contributed by atoms with Gasteiger partial charge >= 0.3 is 0 Å². The number of amidine groups is 1. The molecule has 0 saturated heterocycles. The first-order valence-corrected chi connectivity index (χ1v) is 6.68. The van der Waals surface area contributed by atoms with Crippen molar-refractivity contribution in [2.24, 2.45) is 10.9 Å². The molecule has 1 aliphatic carbocycles. The van der Waals surface area contributed by atoms with Gasteiger partial charge in [-0.3, -0.25) is 0 Å². The number of hydrogen-bond donors (Lipinski definition) is 2. The highest BCUT2D eigenvalue weighted by Crippen LogP contribution is 2.33. The summed E-state index contributed by atoms with van der Waals surface area (Å²) < 4.78 is 0. The molecule has 0 atom stereocenters. The van der Waals surface area contributed by atoms with Gasteiger partial charge in [0.2, 0.25) is 0 Å². The summed E-state index contributed by atoms with van der Waals surface area (Å²) in [6.07, 6.45) is 3.37. The fourth-order valence-electron chi connectivity index (χ4n) is 2.24. The quantitative estimate of drug-likeness (QED) is 0.364. The molecule has 6 heteroatoms. The van der Waals surface area contributed by atoms with Crippen molar-refractivity contribution in [2.75, 3.05) is 11.4 Å². The Kier molecular flexibility index (Phi) is 3.87. The summed E-state index contributed by atoms with van der Waals surface area (Å²) in [5.41, 5.74) is 8.25. The van der Waals surface area contributed by atoms with Gasteiger partial charge < -0.3 is 15.8 Å². The number of oxime groups is 1. The number of nitrogens with zero attached hydrogens (tertiary/aromatic N) is 4. The predicted octanol–water partition coefficient (Wildman–Crippen LogP) is 1.57. The number of aryl methyl sites for hydroxylation is 1. The largest absolute Gasteiger partial charge is 0.409 e. The van der Waals surface area contributed by atoms with Crippen LogP contribution in [0.3, 0.4) is 0 Å². The fraction of sp³-hybridized carbons (Fsp3) is 0.615. The molecule has 0 unspecified atom stereocenters. The maximum absolute atomic E-state index is 8.99. The lowest BCUT2D eigenvalue weighted by Gasteiger charge is -2.25. The molecule has 1 fully saturated rings. The molecular formula is C13H21N5O. The number of nitrogens with two attached hydrogens (primary N) is 1. The summed E-state index contributed by atoms with van der Waals surface area (Å²) in [4.78, 5) is 2.23. The van der Waals surface area contributed by atoms with Gasteiger partial charge in [-0.25, -0.2) is 0 Å². The summed E-state index contributed by atoms with van der Waals surface area (Å²) in [6.45, 7) is 6.85. The molecule has 104 valence electrons. The first-order chi connectivity index (χ1) is 9.10. The van der Waals surface area contributed by atoms with E-state index in [9.17, 15) is 0 Å². The van der Waals surface area contributed by atoms with Crippen molar-refractivity contribution in [1.82, 2.24) is 10.2 Å². The zero-order chi connectivity index (χ0) is 14.0. The first kappa shape index (κ1) is 13.6. The van der Waals surface area contributed by atoms with Gasteiger partial charge in [-0.1, -0.05) is 12.1 Å². The van der Waals surface area contributed by atoms with Crippen molar-refractivity contribution in [3.8, 4) is 0 Å². The smallest absolute Gasteiger partial charge is 0.174 e. The lowest BCUT2D eigenvalue weighted by molar-refractivity contribution is 0.318. The minimum absolute atomic E-state index is 0.104. The minimum Gasteiger partial charge on any atom is -0.409 e. The SMILES string of the molecule is CCCN(c1nnc(C)c(C)c1/C(N)=N/O)C1CC1. The number of anilines is 1. The maximum Gasteiger partial charge on any atom is 0.174 e. The van der Waals surface area contributed by atoms with Crippen LogP contribution in [0.25, 0.3) is 0 Å². The van der Waals surface area contributed by atoms with Crippen LogP contribution in [-0.4, -0.2) is 33.8 Å². The van der Waals surface area contributed by atoms with E-state index in [0.29, 0.717) is 11.6 Å². The molecular weight excluding hydrogens is 242 g/mol. The third kappa shape index (κ3) is 2.62. The summed E-state index contributed by atoms with van der Waals surface area (Å²) in [5.74, 6) is 0.843. The van der Waals surface area contributed by atoms with Gasteiger partial charge in [0.25, 0.3) is 0 Å². The Labute approximate surface area is 113 Å². The van der Waals surface area contributed by atoms with Crippen LogP contribution in [-0.2, 0) is 0 Å². The predicted molar refractivity (Wildman–Crippen MR) is 74.7 cm³/mol. The molecule has 6 nitrogen and oxygen atoms in total. The van der Waals surface area contributed by atoms with E-state index in [0.717, 1.165) is 30.0 Å². The minimum atomic E-state index is 0.104. The van der Waals surface area contributed by atoms with E-state index in [4.69, 9.17) is 10.9 Å². The molecule has 3 N–H and O–H groups in total. The first-order valence-electron chi connectivity index (χ1n) is 6.68. The second kappa shape index (κ2) is 5.42. The molecule has 0 bridgehead atoms. The van der Waals surface area contributed by atoms with Gasteiger partial charge in [0.05, 0.1) is 11.3 Å². The second-order valence-electron chi connectivity index (χ2n) is 5.02. The van der Waals surface area contributed by atoms with Crippen molar-refractivity contribution in [2.45, 2.75) is 46.1 Å². The molecule has 1 saturated carbocycles. The molecule has 0 spiro atoms. The summed E-state index contributed by atoms with van der Waals surface area (Å²) in [7, 11) is 0. The highest BCUT2D eigenvalue weighted by atomic mass is 16.4. The molecule has 1 aromatic rings. The van der Waals surface area contributed by atoms with Crippen LogP contribution >= 0.6 is 0 Å². The van der Waals surface area contributed by atoms with E-state index < -0.39 is 0 Å². The average molecular weight is 263 g/mol. The highest BCUT2D eigenvalue weighted by molar-refractivity contribution is 6.02. The van der Waals surface area contributed by atoms with Crippen LogP contribution < -0.4 is 10.6 Å². The Morgan fingerprint density at radius 2 is 2.11 bits per heavy atom. The van der Waals surface area contributed by atoms with Crippen LogP contribution in [0.1, 0.15) is 43.0 Å². The van der Waals surface area contributed by atoms with Crippen LogP contribution in [0.4, 0.5) is 5.82 Å². The van der Waals surface area contributed by atoms with Crippen LogP contribution in [0.5, 0.6) is 0 Å². The van der Waals surface area contributed by atoms with Crippen LogP contribution in [0, 0.1) is 13.8 Å². The van der Waals surface area contributed by atoms with Gasteiger partial charge in [0, 0.05) is 12.6 Å². The zero-order valence-electron chi connectivity index (χ0n) is 11.7. The van der Waals surface area contributed by atoms with Gasteiger partial charge in [0.1, 0.15) is 0 Å². The van der Waals surface area contributed by atoms with Crippen molar-refractivity contribution in [3.63, 3.8) is 0 Å². The summed E-state index contributed by atoms with van der Waals surface area (Å²) in [6, 6.07) is 0.515. The standard InChI is InChI=1S/C13H21N5O/c1-4-7-18(10-5-6-10)13-11(12(14)17-19)8(2)9(3)15-16-13/h10,19H,4-7H2,1-3H3,(H2,14,17). The lowest BCUT2D eigenvalue weighted by Crippen LogP contribution is -2.31. The molecule has 0 aliphatic heterocycles. The van der Waals surface area contributed by atoms with Gasteiger partial charge in [-0.05, 0) is 38.7 Å². The number of rotatable bonds is 5. The Balaban J connectivity index is 2.51. The van der Waals surface area contributed by atoms with Crippen molar-refractivity contribution < 1.29 is 5.21 Å². The fourth-order valence-corrected chi connectivity index (χ4v) is 2.24. The highest BCUT2D eigenvalue weighted by Gasteiger charge is 2.32. The lowest BCUT2D eigenvalue weighted by atomic mass is 10.1. The number of hydrogen-bond acceptors (Lipinski definition) is 5. The van der Waals surface area contributed by atoms with Crippen molar-refractivity contribution in [1.29, 1.82) is 0 Å². The third-order valence-corrected chi connectivity index (χ3v) is 3.52. The van der Waals surface area contributed by atoms with Gasteiger partial charge in [0.15, 0.2) is 11.7 Å². The van der Waals surface area contributed by atoms with Crippen LogP contribution in [0.2, 0.25) is 0 Å². The number of aromatic nitrogens is 2. The monoisotopic (exact) mass is 263 g/mol. The molecule has 0 amide bonds. The molecule has 0 radical (unpaired) electrons. The summed E-state index contributed by atoms with van der Waals surface area (Å²) >= 11 is 0. The topological polar surface area (TPSA) is 87.6 Å². The van der Waals surface area contributed by atoms with Crippen molar-refractivity contribution in [3.05, 3.63) is 16.8 Å². The molecule has 0 aromatic carbocycles. The summed E-state index contributed by atoms with van der Waals surface area (Å²) in [5, 5.41) is 20.6. The average Bonchev–Trinajstić information content (AvgIpc) is 3.23. The van der Waals surface area contributed by atoms with E-state index >= 15 is 0 Å². The normalized spacial score (nSPS) is 15.6. The van der Waals surface area contributed by atoms with Crippen LogP contribution in [0.15, 0.2) is 5.16 Å². The molecule has 19 heavy (non-hydrogen) atoms. The molecule has 1 aliphatic rings. The van der Waals surface area contributed by atoms with E-state index in [1.54, 1.807) is 0 Å². The van der Waals surface area contributed by atoms with Gasteiger partial charge in [-0.2, -0.15) is 5.10 Å². The Hall–Kier alpha value is -1.85. The molecule has 1 heterocycles. The van der Waals surface area contributed by atoms with E-state index in [-0.39, 0.29) is 5.84 Å². The molecule has 2 rings (SSSR count). The second-order valence-corrected chi connectivity index (χ2v) is 5.02. The molecule has 1 aromatic heterocycles. The van der Waals surface area contributed by atoms with Gasteiger partial charge in [-0.15, -0.1) is 5.10 Å². The van der Waals surface area contributed by atoms with Crippen molar-refractivity contribution >= 4 is 11.7 Å². The Bertz CT molecular complexity index is 496. The van der Waals surface area contributed by atoms with E-state index in [2.05, 4.69) is 27.2 Å². The van der Waals surface area contributed by atoms with E-state index in [1.165, 1.54) is 12.8 Å².